The van der Waals surface area contributed by atoms with Gasteiger partial charge in [0.2, 0.25) is 0 Å². The van der Waals surface area contributed by atoms with Crippen LogP contribution in [-0.4, -0.2) is 37.1 Å². The molecule has 0 spiro atoms. The zero-order valence-corrected chi connectivity index (χ0v) is 12.7. The van der Waals surface area contributed by atoms with E-state index in [1.165, 1.54) is 64.5 Å². The van der Waals surface area contributed by atoms with E-state index in [9.17, 15) is 0 Å². The van der Waals surface area contributed by atoms with Gasteiger partial charge in [-0.2, -0.15) is 0 Å². The Morgan fingerprint density at radius 1 is 1.00 bits per heavy atom. The van der Waals surface area contributed by atoms with E-state index in [2.05, 4.69) is 31.1 Å². The van der Waals surface area contributed by atoms with Gasteiger partial charge in [-0.1, -0.05) is 26.7 Å². The van der Waals surface area contributed by atoms with Gasteiger partial charge in [-0.05, 0) is 64.1 Å². The van der Waals surface area contributed by atoms with Crippen molar-refractivity contribution in [3.63, 3.8) is 0 Å². The molecule has 0 aromatic heterocycles. The van der Waals surface area contributed by atoms with Gasteiger partial charge >= 0.3 is 0 Å². The lowest BCUT2D eigenvalue weighted by Crippen LogP contribution is -2.47. The normalized spacial score (nSPS) is 33.5. The molecule has 0 unspecified atom stereocenters. The molecule has 0 aromatic rings. The Balaban J connectivity index is 1.80. The second kappa shape index (κ2) is 6.38. The Kier molecular flexibility index (Phi) is 5.08. The van der Waals surface area contributed by atoms with Crippen LogP contribution in [0.2, 0.25) is 0 Å². The first kappa shape index (κ1) is 14.3. The van der Waals surface area contributed by atoms with Crippen LogP contribution in [0.1, 0.15) is 65.2 Å². The quantitative estimate of drug-likeness (QED) is 0.825. The highest BCUT2D eigenvalue weighted by molar-refractivity contribution is 4.89. The molecular formula is C16H32N2. The minimum atomic E-state index is 0.679. The van der Waals surface area contributed by atoms with Gasteiger partial charge in [0.15, 0.2) is 0 Å². The maximum atomic E-state index is 3.44. The average molecular weight is 252 g/mol. The number of nitrogens with zero attached hydrogens (tertiary/aromatic N) is 1. The third kappa shape index (κ3) is 3.08. The van der Waals surface area contributed by atoms with Crippen molar-refractivity contribution < 1.29 is 0 Å². The van der Waals surface area contributed by atoms with Crippen LogP contribution in [0.25, 0.3) is 0 Å². The van der Waals surface area contributed by atoms with Crippen LogP contribution in [0.3, 0.4) is 0 Å². The summed E-state index contributed by atoms with van der Waals surface area (Å²) >= 11 is 0. The van der Waals surface area contributed by atoms with E-state index in [1.54, 1.807) is 0 Å². The summed E-state index contributed by atoms with van der Waals surface area (Å²) in [5, 5.41) is 3.44. The van der Waals surface area contributed by atoms with Gasteiger partial charge < -0.3 is 10.2 Å². The van der Waals surface area contributed by atoms with E-state index in [4.69, 9.17) is 0 Å². The van der Waals surface area contributed by atoms with Gasteiger partial charge in [-0.15, -0.1) is 0 Å². The largest absolute Gasteiger partial charge is 0.317 e. The van der Waals surface area contributed by atoms with E-state index >= 15 is 0 Å². The molecule has 1 saturated carbocycles. The van der Waals surface area contributed by atoms with Crippen molar-refractivity contribution in [3.05, 3.63) is 0 Å². The Labute approximate surface area is 114 Å². The Hall–Kier alpha value is -0.0800. The van der Waals surface area contributed by atoms with E-state index < -0.39 is 0 Å². The second-order valence-electron chi connectivity index (χ2n) is 6.54. The van der Waals surface area contributed by atoms with Crippen LogP contribution in [0.4, 0.5) is 0 Å². The summed E-state index contributed by atoms with van der Waals surface area (Å²) in [7, 11) is 2.11. The Morgan fingerprint density at radius 2 is 1.56 bits per heavy atom. The van der Waals surface area contributed by atoms with Crippen LogP contribution < -0.4 is 5.32 Å². The molecular weight excluding hydrogens is 220 g/mol. The minimum Gasteiger partial charge on any atom is -0.317 e. The van der Waals surface area contributed by atoms with Crippen molar-refractivity contribution in [2.75, 3.05) is 20.1 Å². The maximum absolute atomic E-state index is 3.44. The topological polar surface area (TPSA) is 15.3 Å². The number of rotatable bonds is 4. The number of likely N-dealkylation sites (tertiary alicyclic amines) is 1. The molecule has 0 atom stereocenters. The maximum Gasteiger partial charge on any atom is 0.00964 e. The molecule has 0 amide bonds. The van der Waals surface area contributed by atoms with Gasteiger partial charge in [0.25, 0.3) is 0 Å². The summed E-state index contributed by atoms with van der Waals surface area (Å²) < 4.78 is 0. The first-order valence-corrected chi connectivity index (χ1v) is 8.14. The smallest absolute Gasteiger partial charge is 0.00964 e. The fourth-order valence-electron chi connectivity index (χ4n) is 4.05. The predicted molar refractivity (Wildman–Crippen MR) is 78.9 cm³/mol. The molecule has 0 radical (unpaired) electrons. The monoisotopic (exact) mass is 252 g/mol. The van der Waals surface area contributed by atoms with Crippen molar-refractivity contribution in [1.82, 2.24) is 10.2 Å². The van der Waals surface area contributed by atoms with Crippen molar-refractivity contribution in [2.24, 2.45) is 5.41 Å². The SMILES string of the molecule is CCC1(CC)CCN(C2CCC(NC)CC2)CC1. The highest BCUT2D eigenvalue weighted by Crippen LogP contribution is 2.39. The van der Waals surface area contributed by atoms with Crippen LogP contribution >= 0.6 is 0 Å². The van der Waals surface area contributed by atoms with Gasteiger partial charge in [0.05, 0.1) is 0 Å². The molecule has 2 nitrogen and oxygen atoms in total. The standard InChI is InChI=1S/C16H32N2/c1-4-16(5-2)10-12-18(13-11-16)15-8-6-14(17-3)7-9-15/h14-15,17H,4-13H2,1-3H3. The van der Waals surface area contributed by atoms with Crippen LogP contribution in [0.5, 0.6) is 0 Å². The van der Waals surface area contributed by atoms with E-state index in [1.807, 2.05) is 0 Å². The summed E-state index contributed by atoms with van der Waals surface area (Å²) in [4.78, 5) is 2.80. The number of piperidine rings is 1. The van der Waals surface area contributed by atoms with Gasteiger partial charge in [-0.25, -0.2) is 0 Å². The summed E-state index contributed by atoms with van der Waals surface area (Å²) in [5.74, 6) is 0. The fourth-order valence-corrected chi connectivity index (χ4v) is 4.05. The predicted octanol–water partition coefficient (Wildman–Crippen LogP) is 3.42. The molecule has 106 valence electrons. The molecule has 1 N–H and O–H groups in total. The molecule has 18 heavy (non-hydrogen) atoms. The van der Waals surface area contributed by atoms with E-state index in [0.717, 1.165) is 12.1 Å². The van der Waals surface area contributed by atoms with Crippen LogP contribution in [0, 0.1) is 5.41 Å². The molecule has 1 aliphatic heterocycles. The summed E-state index contributed by atoms with van der Waals surface area (Å²) in [5.41, 5.74) is 0.679. The zero-order chi connectivity index (χ0) is 13.0. The van der Waals surface area contributed by atoms with E-state index in [-0.39, 0.29) is 0 Å². The number of hydrogen-bond acceptors (Lipinski definition) is 2. The van der Waals surface area contributed by atoms with E-state index in [0.29, 0.717) is 5.41 Å². The van der Waals surface area contributed by atoms with Gasteiger partial charge in [-0.3, -0.25) is 0 Å². The first-order valence-electron chi connectivity index (χ1n) is 8.14. The lowest BCUT2D eigenvalue weighted by Gasteiger charge is -2.45. The molecule has 2 aliphatic rings. The van der Waals surface area contributed by atoms with Crippen molar-refractivity contribution in [1.29, 1.82) is 0 Å². The van der Waals surface area contributed by atoms with Crippen LogP contribution in [-0.2, 0) is 0 Å². The zero-order valence-electron chi connectivity index (χ0n) is 12.7. The molecule has 0 aromatic carbocycles. The summed E-state index contributed by atoms with van der Waals surface area (Å²) in [6, 6.07) is 1.68. The highest BCUT2D eigenvalue weighted by atomic mass is 15.2. The fraction of sp³-hybridized carbons (Fsp3) is 1.00. The molecule has 2 fully saturated rings. The molecule has 2 heteroatoms. The summed E-state index contributed by atoms with van der Waals surface area (Å²) in [6.07, 6.45) is 11.2. The Bertz CT molecular complexity index is 229. The highest BCUT2D eigenvalue weighted by Gasteiger charge is 2.34. The molecule has 1 aliphatic carbocycles. The molecule has 1 heterocycles. The minimum absolute atomic E-state index is 0.679. The van der Waals surface area contributed by atoms with Crippen molar-refractivity contribution in [2.45, 2.75) is 77.3 Å². The molecule has 0 bridgehead atoms. The lowest BCUT2D eigenvalue weighted by atomic mass is 9.73. The lowest BCUT2D eigenvalue weighted by molar-refractivity contribution is 0.0500. The third-order valence-corrected chi connectivity index (χ3v) is 5.98. The Morgan fingerprint density at radius 3 is 2.00 bits per heavy atom. The molecule has 2 rings (SSSR count). The molecule has 1 saturated heterocycles. The third-order valence-electron chi connectivity index (χ3n) is 5.98. The number of hydrogen-bond donors (Lipinski definition) is 1. The first-order chi connectivity index (χ1) is 8.73. The average Bonchev–Trinajstić information content (AvgIpc) is 2.47. The number of nitrogens with one attached hydrogen (secondary N) is 1. The van der Waals surface area contributed by atoms with Crippen LogP contribution in [0.15, 0.2) is 0 Å². The van der Waals surface area contributed by atoms with Gasteiger partial charge in [0, 0.05) is 12.1 Å². The summed E-state index contributed by atoms with van der Waals surface area (Å²) in [6.45, 7) is 7.49. The van der Waals surface area contributed by atoms with Gasteiger partial charge in [0.1, 0.15) is 0 Å². The van der Waals surface area contributed by atoms with Crippen molar-refractivity contribution >= 4 is 0 Å². The second-order valence-corrected chi connectivity index (χ2v) is 6.54. The van der Waals surface area contributed by atoms with Crippen molar-refractivity contribution in [3.8, 4) is 0 Å².